The highest BCUT2D eigenvalue weighted by Crippen LogP contribution is 2.38. The predicted octanol–water partition coefficient (Wildman–Crippen LogP) is 3.93. The molecule has 0 unspecified atom stereocenters. The number of halogens is 3. The third-order valence-electron chi connectivity index (χ3n) is 4.57. The number of thioether (sulfide) groups is 1. The van der Waals surface area contributed by atoms with Crippen LogP contribution in [0.15, 0.2) is 47.5 Å². The Hall–Kier alpha value is -3.28. The van der Waals surface area contributed by atoms with Gasteiger partial charge in [-0.15, -0.1) is 0 Å². The topological polar surface area (TPSA) is 109 Å². The molecule has 1 aliphatic rings. The molecular weight excluding hydrogens is 435 g/mol. The van der Waals surface area contributed by atoms with Gasteiger partial charge in [-0.1, -0.05) is 0 Å². The minimum Gasteiger partial charge on any atom is -0.351 e. The number of benzene rings is 1. The standard InChI is InChI=1S/C19H18F3N5O3S/c1-18(2)15(28)27(12-3-5-13(6-4-12)31-19(20,21)22)17(30)26(18)10-11-7-8-24-14(9-11)25-16(23)29/h3-9H,10H2,1-2H3,(H3,23,24,25,29). The number of nitrogens with zero attached hydrogens (tertiary/aromatic N) is 3. The molecule has 3 N–H and O–H groups in total. The number of aromatic nitrogens is 1. The average molecular weight is 453 g/mol. The van der Waals surface area contributed by atoms with Crippen molar-refractivity contribution >= 4 is 41.2 Å². The van der Waals surface area contributed by atoms with Crippen molar-refractivity contribution in [3.8, 4) is 0 Å². The summed E-state index contributed by atoms with van der Waals surface area (Å²) in [6, 6.07) is 6.72. The zero-order chi connectivity index (χ0) is 23.0. The molecule has 0 aliphatic carbocycles. The second-order valence-electron chi connectivity index (χ2n) is 7.15. The minimum atomic E-state index is -4.44. The maximum Gasteiger partial charge on any atom is 0.446 e. The van der Waals surface area contributed by atoms with Crippen molar-refractivity contribution in [1.29, 1.82) is 0 Å². The highest BCUT2D eigenvalue weighted by atomic mass is 32.2. The van der Waals surface area contributed by atoms with Gasteiger partial charge < -0.3 is 10.6 Å². The summed E-state index contributed by atoms with van der Waals surface area (Å²) in [5.41, 5.74) is 0.188. The van der Waals surface area contributed by atoms with E-state index in [1.165, 1.54) is 41.4 Å². The number of rotatable bonds is 5. The molecule has 1 aromatic carbocycles. The van der Waals surface area contributed by atoms with E-state index >= 15 is 0 Å². The van der Waals surface area contributed by atoms with E-state index in [0.717, 1.165) is 4.90 Å². The summed E-state index contributed by atoms with van der Waals surface area (Å²) in [6.07, 6.45) is 1.42. The van der Waals surface area contributed by atoms with Crippen molar-refractivity contribution in [2.75, 3.05) is 10.2 Å². The smallest absolute Gasteiger partial charge is 0.351 e. The molecule has 1 fully saturated rings. The Labute approximate surface area is 179 Å². The van der Waals surface area contributed by atoms with E-state index in [0.29, 0.717) is 5.56 Å². The van der Waals surface area contributed by atoms with Gasteiger partial charge in [-0.3, -0.25) is 10.1 Å². The molecule has 0 radical (unpaired) electrons. The number of pyridine rings is 1. The van der Waals surface area contributed by atoms with Crippen LogP contribution in [-0.4, -0.2) is 38.9 Å². The SMILES string of the molecule is CC1(C)C(=O)N(c2ccc(SC(F)(F)F)cc2)C(=O)N1Cc1ccnc(NC(N)=O)c1. The molecule has 0 atom stereocenters. The Balaban J connectivity index is 1.84. The van der Waals surface area contributed by atoms with Crippen LogP contribution in [0.5, 0.6) is 0 Å². The summed E-state index contributed by atoms with van der Waals surface area (Å²) in [6.45, 7) is 3.18. The molecule has 5 amide bonds. The highest BCUT2D eigenvalue weighted by Gasteiger charge is 2.51. The van der Waals surface area contributed by atoms with Crippen LogP contribution in [0.25, 0.3) is 0 Å². The number of urea groups is 2. The number of carbonyl (C=O) groups excluding carboxylic acids is 3. The first kappa shape index (κ1) is 22.4. The predicted molar refractivity (Wildman–Crippen MR) is 108 cm³/mol. The Morgan fingerprint density at radius 1 is 1.19 bits per heavy atom. The summed E-state index contributed by atoms with van der Waals surface area (Å²) < 4.78 is 37.6. The molecule has 3 rings (SSSR count). The lowest BCUT2D eigenvalue weighted by Crippen LogP contribution is -2.43. The molecule has 1 saturated heterocycles. The molecule has 12 heteroatoms. The van der Waals surface area contributed by atoms with E-state index in [4.69, 9.17) is 5.73 Å². The van der Waals surface area contributed by atoms with Crippen LogP contribution < -0.4 is 16.0 Å². The fourth-order valence-corrected chi connectivity index (χ4v) is 3.61. The van der Waals surface area contributed by atoms with E-state index in [1.54, 1.807) is 19.9 Å². The summed E-state index contributed by atoms with van der Waals surface area (Å²) in [5.74, 6) is -0.325. The summed E-state index contributed by atoms with van der Waals surface area (Å²) in [4.78, 5) is 43.2. The van der Waals surface area contributed by atoms with E-state index in [1.807, 2.05) is 0 Å². The lowest BCUT2D eigenvalue weighted by atomic mass is 10.0. The van der Waals surface area contributed by atoms with Gasteiger partial charge in [0.05, 0.1) is 5.69 Å². The van der Waals surface area contributed by atoms with E-state index in [2.05, 4.69) is 10.3 Å². The Morgan fingerprint density at radius 3 is 2.42 bits per heavy atom. The maximum absolute atomic E-state index is 13.1. The molecule has 2 heterocycles. The zero-order valence-corrected chi connectivity index (χ0v) is 17.3. The molecule has 0 bridgehead atoms. The van der Waals surface area contributed by atoms with Gasteiger partial charge in [0.1, 0.15) is 11.4 Å². The Morgan fingerprint density at radius 2 is 1.84 bits per heavy atom. The van der Waals surface area contributed by atoms with Crippen molar-refractivity contribution in [2.24, 2.45) is 5.73 Å². The molecule has 164 valence electrons. The number of nitrogens with one attached hydrogen (secondary N) is 1. The van der Waals surface area contributed by atoms with Crippen LogP contribution in [0.2, 0.25) is 0 Å². The molecule has 8 nitrogen and oxygen atoms in total. The third-order valence-corrected chi connectivity index (χ3v) is 5.31. The monoisotopic (exact) mass is 453 g/mol. The second kappa shape index (κ2) is 8.10. The van der Waals surface area contributed by atoms with Crippen molar-refractivity contribution in [3.05, 3.63) is 48.2 Å². The molecule has 0 spiro atoms. The van der Waals surface area contributed by atoms with Gasteiger partial charge >= 0.3 is 17.6 Å². The number of amides is 5. The summed E-state index contributed by atoms with van der Waals surface area (Å²) in [7, 11) is 0. The van der Waals surface area contributed by atoms with Crippen molar-refractivity contribution in [2.45, 2.75) is 36.3 Å². The Bertz CT molecular complexity index is 1030. The average Bonchev–Trinajstić information content (AvgIpc) is 2.81. The lowest BCUT2D eigenvalue weighted by molar-refractivity contribution is -0.123. The van der Waals surface area contributed by atoms with Gasteiger partial charge in [0.2, 0.25) is 0 Å². The minimum absolute atomic E-state index is 0.0338. The van der Waals surface area contributed by atoms with Crippen molar-refractivity contribution in [3.63, 3.8) is 0 Å². The Kier molecular flexibility index (Phi) is 5.85. The highest BCUT2D eigenvalue weighted by molar-refractivity contribution is 8.00. The fourth-order valence-electron chi connectivity index (χ4n) is 3.08. The molecule has 1 aliphatic heterocycles. The number of anilines is 2. The molecule has 2 aromatic rings. The van der Waals surface area contributed by atoms with E-state index in [9.17, 15) is 27.6 Å². The van der Waals surface area contributed by atoms with Crippen molar-refractivity contribution < 1.29 is 27.6 Å². The fraction of sp³-hybridized carbons (Fsp3) is 0.263. The molecule has 0 saturated carbocycles. The van der Waals surface area contributed by atoms with Gasteiger partial charge in [0, 0.05) is 17.6 Å². The quantitative estimate of drug-likeness (QED) is 0.527. The van der Waals surface area contributed by atoms with Gasteiger partial charge in [-0.25, -0.2) is 19.5 Å². The van der Waals surface area contributed by atoms with Crippen LogP contribution in [0.3, 0.4) is 0 Å². The number of alkyl halides is 3. The zero-order valence-electron chi connectivity index (χ0n) is 16.4. The van der Waals surface area contributed by atoms with Gasteiger partial charge in [-0.05, 0) is 67.6 Å². The van der Waals surface area contributed by atoms with Crippen LogP contribution in [0.4, 0.5) is 34.3 Å². The second-order valence-corrected chi connectivity index (χ2v) is 8.29. The number of nitrogens with two attached hydrogens (primary N) is 1. The van der Waals surface area contributed by atoms with Crippen LogP contribution >= 0.6 is 11.8 Å². The molecular formula is C19H18F3N5O3S. The summed E-state index contributed by atoms with van der Waals surface area (Å²) in [5, 5.41) is 2.33. The summed E-state index contributed by atoms with van der Waals surface area (Å²) >= 11 is -0.282. The lowest BCUT2D eigenvalue weighted by Gasteiger charge is -2.27. The van der Waals surface area contributed by atoms with Gasteiger partial charge in [0.15, 0.2) is 0 Å². The number of hydrogen-bond donors (Lipinski definition) is 2. The number of primary amides is 1. The third kappa shape index (κ3) is 4.90. The first-order chi connectivity index (χ1) is 14.4. The molecule has 31 heavy (non-hydrogen) atoms. The maximum atomic E-state index is 13.1. The largest absolute Gasteiger partial charge is 0.446 e. The first-order valence-corrected chi connectivity index (χ1v) is 9.73. The molecule has 1 aromatic heterocycles. The first-order valence-electron chi connectivity index (χ1n) is 8.92. The van der Waals surface area contributed by atoms with E-state index in [-0.39, 0.29) is 34.7 Å². The van der Waals surface area contributed by atoms with Crippen LogP contribution in [-0.2, 0) is 11.3 Å². The van der Waals surface area contributed by atoms with Gasteiger partial charge in [-0.2, -0.15) is 13.2 Å². The van der Waals surface area contributed by atoms with Crippen molar-refractivity contribution in [1.82, 2.24) is 9.88 Å². The van der Waals surface area contributed by atoms with Crippen LogP contribution in [0, 0.1) is 0 Å². The number of hydrogen-bond acceptors (Lipinski definition) is 5. The van der Waals surface area contributed by atoms with Gasteiger partial charge in [0.25, 0.3) is 5.91 Å². The number of imide groups is 1. The normalized spacial score (nSPS) is 16.0. The van der Waals surface area contributed by atoms with E-state index < -0.39 is 29.0 Å². The number of carbonyl (C=O) groups is 3. The van der Waals surface area contributed by atoms with Crippen LogP contribution in [0.1, 0.15) is 19.4 Å².